The Hall–Kier alpha value is -2.51. The molecule has 0 radical (unpaired) electrons. The van der Waals surface area contributed by atoms with Crippen LogP contribution in [-0.2, 0) is 6.54 Å². The summed E-state index contributed by atoms with van der Waals surface area (Å²) in [4.78, 5) is 4.10. The van der Waals surface area contributed by atoms with E-state index in [1.165, 1.54) is 18.3 Å². The van der Waals surface area contributed by atoms with Crippen LogP contribution in [0.3, 0.4) is 0 Å². The summed E-state index contributed by atoms with van der Waals surface area (Å²) in [6, 6.07) is 9.85. The Morgan fingerprint density at radius 3 is 2.83 bits per heavy atom. The highest BCUT2D eigenvalue weighted by Crippen LogP contribution is 2.12. The van der Waals surface area contributed by atoms with Gasteiger partial charge in [-0.3, -0.25) is 4.68 Å². The van der Waals surface area contributed by atoms with Gasteiger partial charge in [-0.05, 0) is 42.0 Å². The molecule has 1 aromatic carbocycles. The van der Waals surface area contributed by atoms with E-state index in [0.717, 1.165) is 11.3 Å². The van der Waals surface area contributed by atoms with E-state index in [9.17, 15) is 4.39 Å². The molecule has 0 aliphatic rings. The minimum absolute atomic E-state index is 0.265. The molecular formula is C16H13ClFN5S. The molecule has 0 spiro atoms. The Kier molecular flexibility index (Phi) is 5.02. The summed E-state index contributed by atoms with van der Waals surface area (Å²) in [5.41, 5.74) is 1.55. The van der Waals surface area contributed by atoms with E-state index in [2.05, 4.69) is 20.7 Å². The number of rotatable bonds is 4. The van der Waals surface area contributed by atoms with Crippen molar-refractivity contribution in [1.82, 2.24) is 14.8 Å². The van der Waals surface area contributed by atoms with Crippen LogP contribution >= 0.6 is 23.8 Å². The zero-order valence-corrected chi connectivity index (χ0v) is 14.0. The number of hydrogen-bond acceptors (Lipinski definition) is 3. The van der Waals surface area contributed by atoms with Gasteiger partial charge in [0, 0.05) is 12.4 Å². The van der Waals surface area contributed by atoms with Gasteiger partial charge in [0.2, 0.25) is 0 Å². The van der Waals surface area contributed by atoms with E-state index in [-0.39, 0.29) is 5.82 Å². The number of nitrogens with zero attached hydrogens (tertiary/aromatic N) is 3. The quantitative estimate of drug-likeness (QED) is 0.690. The third-order valence-corrected chi connectivity index (χ3v) is 3.52. The predicted octanol–water partition coefficient (Wildman–Crippen LogP) is 3.93. The van der Waals surface area contributed by atoms with Gasteiger partial charge in [-0.15, -0.1) is 0 Å². The molecule has 0 atom stereocenters. The van der Waals surface area contributed by atoms with Crippen LogP contribution < -0.4 is 10.6 Å². The number of halogens is 2. The lowest BCUT2D eigenvalue weighted by atomic mass is 10.2. The first-order valence-electron chi connectivity index (χ1n) is 7.05. The standard InChI is InChI=1S/C16H13ClFN5S/c17-12-4-5-15(19-7-12)22-16(24)21-14-8-20-23(10-14)9-11-2-1-3-13(18)6-11/h1-8,10H,9H2,(H2,19,21,22,24). The normalized spacial score (nSPS) is 10.4. The zero-order chi connectivity index (χ0) is 16.9. The fourth-order valence-corrected chi connectivity index (χ4v) is 2.40. The van der Waals surface area contributed by atoms with Gasteiger partial charge in [-0.2, -0.15) is 5.10 Å². The number of thiocarbonyl (C=S) groups is 1. The first-order valence-corrected chi connectivity index (χ1v) is 7.83. The lowest BCUT2D eigenvalue weighted by Crippen LogP contribution is -2.19. The molecule has 0 saturated heterocycles. The average molecular weight is 362 g/mol. The molecule has 24 heavy (non-hydrogen) atoms. The Labute approximate surface area is 148 Å². The van der Waals surface area contributed by atoms with Crippen molar-refractivity contribution in [2.24, 2.45) is 0 Å². The number of aromatic nitrogens is 3. The molecule has 0 saturated carbocycles. The third-order valence-electron chi connectivity index (χ3n) is 3.09. The minimum Gasteiger partial charge on any atom is -0.330 e. The SMILES string of the molecule is Fc1cccc(Cn2cc(NC(=S)Nc3ccc(Cl)cn3)cn2)c1. The van der Waals surface area contributed by atoms with Crippen LogP contribution in [0.2, 0.25) is 5.02 Å². The summed E-state index contributed by atoms with van der Waals surface area (Å²) < 4.78 is 14.9. The molecule has 2 aromatic heterocycles. The molecule has 5 nitrogen and oxygen atoms in total. The summed E-state index contributed by atoms with van der Waals surface area (Å²) in [6.45, 7) is 0.471. The van der Waals surface area contributed by atoms with Gasteiger partial charge in [-0.25, -0.2) is 9.37 Å². The van der Waals surface area contributed by atoms with E-state index in [1.807, 2.05) is 6.07 Å². The largest absolute Gasteiger partial charge is 0.330 e. The Balaban J connectivity index is 1.59. The summed E-state index contributed by atoms with van der Waals surface area (Å²) >= 11 is 11.0. The molecule has 3 aromatic rings. The lowest BCUT2D eigenvalue weighted by Gasteiger charge is -2.07. The maximum atomic E-state index is 13.2. The Morgan fingerprint density at radius 2 is 2.08 bits per heavy atom. The monoisotopic (exact) mass is 361 g/mol. The first kappa shape index (κ1) is 16.4. The van der Waals surface area contributed by atoms with Crippen LogP contribution in [0.4, 0.5) is 15.9 Å². The van der Waals surface area contributed by atoms with Crippen LogP contribution in [0.15, 0.2) is 55.0 Å². The predicted molar refractivity (Wildman–Crippen MR) is 96.8 cm³/mol. The smallest absolute Gasteiger partial charge is 0.176 e. The van der Waals surface area contributed by atoms with Gasteiger partial charge < -0.3 is 10.6 Å². The molecule has 3 rings (SSSR count). The van der Waals surface area contributed by atoms with Gasteiger partial charge in [0.15, 0.2) is 5.11 Å². The van der Waals surface area contributed by atoms with E-state index in [0.29, 0.717) is 22.5 Å². The fourth-order valence-electron chi connectivity index (χ4n) is 2.07. The number of nitrogens with one attached hydrogen (secondary N) is 2. The van der Waals surface area contributed by atoms with Crippen molar-refractivity contribution >= 4 is 40.4 Å². The summed E-state index contributed by atoms with van der Waals surface area (Å²) in [5, 5.41) is 11.1. The molecule has 0 fully saturated rings. The molecule has 0 aliphatic heterocycles. The van der Waals surface area contributed by atoms with Gasteiger partial charge in [0.1, 0.15) is 11.6 Å². The molecular weight excluding hydrogens is 349 g/mol. The molecule has 2 N–H and O–H groups in total. The molecule has 0 bridgehead atoms. The first-order chi connectivity index (χ1) is 11.6. The van der Waals surface area contributed by atoms with E-state index in [4.69, 9.17) is 23.8 Å². The fraction of sp³-hybridized carbons (Fsp3) is 0.0625. The van der Waals surface area contributed by atoms with Crippen molar-refractivity contribution in [3.8, 4) is 0 Å². The second kappa shape index (κ2) is 7.37. The highest BCUT2D eigenvalue weighted by Gasteiger charge is 2.04. The highest BCUT2D eigenvalue weighted by atomic mass is 35.5. The van der Waals surface area contributed by atoms with Crippen LogP contribution in [-0.4, -0.2) is 19.9 Å². The van der Waals surface area contributed by atoms with Gasteiger partial charge in [0.25, 0.3) is 0 Å². The van der Waals surface area contributed by atoms with Crippen molar-refractivity contribution in [2.45, 2.75) is 6.54 Å². The van der Waals surface area contributed by atoms with Gasteiger partial charge in [0.05, 0.1) is 23.5 Å². The zero-order valence-electron chi connectivity index (χ0n) is 12.4. The summed E-state index contributed by atoms with van der Waals surface area (Å²) in [7, 11) is 0. The lowest BCUT2D eigenvalue weighted by molar-refractivity contribution is 0.619. The van der Waals surface area contributed by atoms with Gasteiger partial charge >= 0.3 is 0 Å². The molecule has 0 amide bonds. The summed E-state index contributed by atoms with van der Waals surface area (Å²) in [5.74, 6) is 0.322. The molecule has 122 valence electrons. The maximum Gasteiger partial charge on any atom is 0.176 e. The second-order valence-corrected chi connectivity index (χ2v) is 5.84. The van der Waals surface area contributed by atoms with E-state index in [1.54, 1.807) is 35.3 Å². The van der Waals surface area contributed by atoms with Crippen molar-refractivity contribution in [2.75, 3.05) is 10.6 Å². The van der Waals surface area contributed by atoms with E-state index < -0.39 is 0 Å². The summed E-state index contributed by atoms with van der Waals surface area (Å²) in [6.07, 6.45) is 4.96. The number of hydrogen-bond donors (Lipinski definition) is 2. The van der Waals surface area contributed by atoms with Crippen molar-refractivity contribution in [3.05, 3.63) is 71.4 Å². The minimum atomic E-state index is -0.265. The number of benzene rings is 1. The van der Waals surface area contributed by atoms with Crippen LogP contribution in [0.1, 0.15) is 5.56 Å². The molecule has 0 unspecified atom stereocenters. The van der Waals surface area contributed by atoms with Crippen LogP contribution in [0.5, 0.6) is 0 Å². The highest BCUT2D eigenvalue weighted by molar-refractivity contribution is 7.80. The van der Waals surface area contributed by atoms with Crippen molar-refractivity contribution < 1.29 is 4.39 Å². The number of pyridine rings is 1. The topological polar surface area (TPSA) is 54.8 Å². The van der Waals surface area contributed by atoms with E-state index >= 15 is 0 Å². The van der Waals surface area contributed by atoms with Crippen LogP contribution in [0, 0.1) is 5.82 Å². The molecule has 0 aliphatic carbocycles. The Bertz CT molecular complexity index is 850. The van der Waals surface area contributed by atoms with Crippen LogP contribution in [0.25, 0.3) is 0 Å². The third kappa shape index (κ3) is 4.50. The molecule has 8 heteroatoms. The van der Waals surface area contributed by atoms with Crippen molar-refractivity contribution in [1.29, 1.82) is 0 Å². The second-order valence-electron chi connectivity index (χ2n) is 5.00. The average Bonchev–Trinajstić information content (AvgIpc) is 2.96. The molecule has 2 heterocycles. The Morgan fingerprint density at radius 1 is 1.21 bits per heavy atom. The maximum absolute atomic E-state index is 13.2. The van der Waals surface area contributed by atoms with Crippen molar-refractivity contribution in [3.63, 3.8) is 0 Å². The van der Waals surface area contributed by atoms with Gasteiger partial charge in [-0.1, -0.05) is 23.7 Å². The number of anilines is 2.